The molecule has 2 saturated carbocycles. The largest absolute Gasteiger partial charge is 0.458 e. The topological polar surface area (TPSA) is 58.6 Å². The summed E-state index contributed by atoms with van der Waals surface area (Å²) in [4.78, 5) is 13.6. The molecule has 0 aromatic heterocycles. The predicted octanol–water partition coefficient (Wildman–Crippen LogP) is 4.09. The molecule has 0 amide bonds. The fraction of sp³-hybridized carbons (Fsp3) is 0.500. The maximum atomic E-state index is 14.4. The number of esters is 1. The van der Waals surface area contributed by atoms with Crippen molar-refractivity contribution in [1.29, 1.82) is 0 Å². The molecule has 3 fully saturated rings. The molecule has 0 radical (unpaired) electrons. The van der Waals surface area contributed by atoms with Gasteiger partial charge in [0.15, 0.2) is 5.60 Å². The number of rotatable bonds is 6. The van der Waals surface area contributed by atoms with Crippen LogP contribution in [0.4, 0.5) is 4.39 Å². The maximum absolute atomic E-state index is 14.4. The van der Waals surface area contributed by atoms with Crippen molar-refractivity contribution in [2.75, 3.05) is 6.54 Å². The Hall–Kier alpha value is -2.24. The van der Waals surface area contributed by atoms with Crippen molar-refractivity contribution >= 4 is 5.97 Å². The van der Waals surface area contributed by atoms with E-state index in [1.54, 1.807) is 18.2 Å². The van der Waals surface area contributed by atoms with E-state index in [-0.39, 0.29) is 23.9 Å². The zero-order valence-electron chi connectivity index (χ0n) is 17.7. The second-order valence-electron chi connectivity index (χ2n) is 9.40. The summed E-state index contributed by atoms with van der Waals surface area (Å²) < 4.78 is 20.4. The number of hydrogen-bond donors (Lipinski definition) is 2. The van der Waals surface area contributed by atoms with E-state index < -0.39 is 11.6 Å². The molecule has 0 spiro atoms. The number of ether oxygens (including phenoxy) is 1. The van der Waals surface area contributed by atoms with Gasteiger partial charge in [0.2, 0.25) is 0 Å². The lowest BCUT2D eigenvalue weighted by atomic mass is 9.77. The van der Waals surface area contributed by atoms with Crippen LogP contribution in [-0.2, 0) is 21.6 Å². The summed E-state index contributed by atoms with van der Waals surface area (Å²) in [7, 11) is 0. The van der Waals surface area contributed by atoms with Crippen LogP contribution in [0.1, 0.15) is 55.2 Å². The summed E-state index contributed by atoms with van der Waals surface area (Å²) in [5.74, 6) is -0.673. The lowest BCUT2D eigenvalue weighted by Crippen LogP contribution is -2.47. The summed E-state index contributed by atoms with van der Waals surface area (Å²) in [6.45, 7) is 0.869. The van der Waals surface area contributed by atoms with Crippen molar-refractivity contribution in [2.45, 2.75) is 62.7 Å². The first-order valence-electron chi connectivity index (χ1n) is 11.6. The van der Waals surface area contributed by atoms with Gasteiger partial charge in [-0.2, -0.15) is 0 Å². The van der Waals surface area contributed by atoms with Gasteiger partial charge >= 0.3 is 5.97 Å². The van der Waals surface area contributed by atoms with Gasteiger partial charge in [-0.3, -0.25) is 0 Å². The van der Waals surface area contributed by atoms with Crippen LogP contribution >= 0.6 is 0 Å². The quantitative estimate of drug-likeness (QED) is 0.687. The van der Waals surface area contributed by atoms with Gasteiger partial charge in [-0.15, -0.1) is 0 Å². The molecule has 2 N–H and O–H groups in total. The molecule has 1 saturated heterocycles. The molecule has 3 aliphatic rings. The summed E-state index contributed by atoms with van der Waals surface area (Å²) in [5, 5.41) is 15.5. The average molecular weight is 424 g/mol. The van der Waals surface area contributed by atoms with Crippen molar-refractivity contribution in [2.24, 2.45) is 11.8 Å². The molecular weight excluding hydrogens is 393 g/mol. The lowest BCUT2D eigenvalue weighted by Gasteiger charge is -2.35. The molecule has 4 atom stereocenters. The van der Waals surface area contributed by atoms with Gasteiger partial charge in [-0.25, -0.2) is 9.18 Å². The van der Waals surface area contributed by atoms with Gasteiger partial charge in [0.25, 0.3) is 0 Å². The first-order chi connectivity index (χ1) is 15.1. The van der Waals surface area contributed by atoms with E-state index in [1.807, 2.05) is 24.3 Å². The van der Waals surface area contributed by atoms with Crippen molar-refractivity contribution in [3.05, 3.63) is 71.0 Å². The third kappa shape index (κ3) is 3.68. The smallest absolute Gasteiger partial charge is 0.343 e. The van der Waals surface area contributed by atoms with Crippen LogP contribution in [0.25, 0.3) is 0 Å². The Morgan fingerprint density at radius 3 is 2.39 bits per heavy atom. The molecular formula is C26H30FNO3. The molecule has 2 aromatic rings. The molecule has 1 aliphatic heterocycles. The first-order valence-corrected chi connectivity index (χ1v) is 11.6. The number of aliphatic hydroxyl groups is 1. The van der Waals surface area contributed by atoms with Crippen LogP contribution in [0.2, 0.25) is 0 Å². The molecule has 5 heteroatoms. The molecule has 164 valence electrons. The van der Waals surface area contributed by atoms with E-state index >= 15 is 0 Å². The van der Waals surface area contributed by atoms with Gasteiger partial charge in [0.05, 0.1) is 0 Å². The van der Waals surface area contributed by atoms with Gasteiger partial charge < -0.3 is 15.2 Å². The Labute approximate surface area is 182 Å². The number of benzene rings is 2. The van der Waals surface area contributed by atoms with Crippen LogP contribution in [0, 0.1) is 17.7 Å². The Morgan fingerprint density at radius 1 is 1.03 bits per heavy atom. The van der Waals surface area contributed by atoms with Gasteiger partial charge in [0.1, 0.15) is 11.9 Å². The highest BCUT2D eigenvalue weighted by Crippen LogP contribution is 2.44. The average Bonchev–Trinajstić information content (AvgIpc) is 3.54. The minimum absolute atomic E-state index is 0.167. The summed E-state index contributed by atoms with van der Waals surface area (Å²) in [5.41, 5.74) is 0.176. The zero-order valence-corrected chi connectivity index (χ0v) is 17.7. The first kappa shape index (κ1) is 20.7. The number of fused-ring (bicyclic) bond motifs is 2. The maximum Gasteiger partial charge on any atom is 0.343 e. The highest BCUT2D eigenvalue weighted by atomic mass is 19.1. The monoisotopic (exact) mass is 423 g/mol. The zero-order chi connectivity index (χ0) is 21.4. The highest BCUT2D eigenvalue weighted by molar-refractivity contribution is 5.82. The number of hydrogen-bond acceptors (Lipinski definition) is 4. The molecule has 31 heavy (non-hydrogen) atoms. The number of halogens is 1. The van der Waals surface area contributed by atoms with Gasteiger partial charge in [0, 0.05) is 30.8 Å². The molecule has 1 heterocycles. The fourth-order valence-corrected chi connectivity index (χ4v) is 5.92. The summed E-state index contributed by atoms with van der Waals surface area (Å²) in [6, 6.07) is 14.3. The van der Waals surface area contributed by atoms with Crippen molar-refractivity contribution in [3.63, 3.8) is 0 Å². The van der Waals surface area contributed by atoms with E-state index in [1.165, 1.54) is 6.07 Å². The summed E-state index contributed by atoms with van der Waals surface area (Å²) in [6.07, 6.45) is 5.78. The SMILES string of the molecule is O=C(OC1C2CC[C@@H]1NC2)C(O)(c1ccccc1Cc1ccccc1F)C1CCCC1. The molecule has 2 bridgehead atoms. The normalized spacial score (nSPS) is 27.4. The number of carbonyl (C=O) groups is 1. The van der Waals surface area contributed by atoms with Gasteiger partial charge in [-0.1, -0.05) is 55.3 Å². The number of piperidine rings is 1. The summed E-state index contributed by atoms with van der Waals surface area (Å²) >= 11 is 0. The van der Waals surface area contributed by atoms with E-state index in [2.05, 4.69) is 5.32 Å². The molecule has 5 rings (SSSR count). The third-order valence-corrected chi connectivity index (χ3v) is 7.62. The second-order valence-corrected chi connectivity index (χ2v) is 9.40. The Bertz CT molecular complexity index is 937. The van der Waals surface area contributed by atoms with E-state index in [9.17, 15) is 14.3 Å². The van der Waals surface area contributed by atoms with E-state index in [0.717, 1.165) is 50.6 Å². The lowest BCUT2D eigenvalue weighted by molar-refractivity contribution is -0.180. The van der Waals surface area contributed by atoms with Crippen LogP contribution in [-0.4, -0.2) is 29.8 Å². The number of carbonyl (C=O) groups excluding carboxylic acids is 1. The minimum Gasteiger partial charge on any atom is -0.458 e. The van der Waals surface area contributed by atoms with Gasteiger partial charge in [-0.05, 0) is 48.4 Å². The fourth-order valence-electron chi connectivity index (χ4n) is 5.92. The van der Waals surface area contributed by atoms with Crippen LogP contribution in [0.3, 0.4) is 0 Å². The van der Waals surface area contributed by atoms with Crippen LogP contribution in [0.15, 0.2) is 48.5 Å². The van der Waals surface area contributed by atoms with Crippen LogP contribution in [0.5, 0.6) is 0 Å². The predicted molar refractivity (Wildman–Crippen MR) is 116 cm³/mol. The van der Waals surface area contributed by atoms with E-state index in [0.29, 0.717) is 23.5 Å². The second kappa shape index (κ2) is 8.36. The van der Waals surface area contributed by atoms with Crippen molar-refractivity contribution in [3.8, 4) is 0 Å². The molecule has 3 unspecified atom stereocenters. The van der Waals surface area contributed by atoms with Crippen LogP contribution < -0.4 is 5.32 Å². The van der Waals surface area contributed by atoms with Crippen molar-refractivity contribution in [1.82, 2.24) is 5.32 Å². The number of nitrogens with one attached hydrogen (secondary N) is 1. The Morgan fingerprint density at radius 2 is 1.74 bits per heavy atom. The van der Waals surface area contributed by atoms with Crippen molar-refractivity contribution < 1.29 is 19.0 Å². The van der Waals surface area contributed by atoms with E-state index in [4.69, 9.17) is 4.74 Å². The molecule has 2 aromatic carbocycles. The molecule has 2 aliphatic carbocycles. The standard InChI is InChI=1S/C26H30FNO3/c27-22-12-6-2-8-18(22)15-17-7-1-5-11-21(17)26(30,20-9-3-4-10-20)25(29)31-24-19-13-14-23(24)28-16-19/h1-2,5-8,11-12,19-20,23-24,28,30H,3-4,9-10,13-16H2/t19?,23-,24?,26?/m0/s1. The third-order valence-electron chi connectivity index (χ3n) is 7.62. The Kier molecular flexibility index (Phi) is 5.57. The Balaban J connectivity index is 1.50. The molecule has 4 nitrogen and oxygen atoms in total. The highest BCUT2D eigenvalue weighted by Gasteiger charge is 2.52. The minimum atomic E-state index is -1.71.